The number of halogens is 4. The summed E-state index contributed by atoms with van der Waals surface area (Å²) in [5.74, 6) is -0.0369. The summed E-state index contributed by atoms with van der Waals surface area (Å²) in [6, 6.07) is 5.46. The number of aromatic nitrogens is 1. The van der Waals surface area contributed by atoms with Crippen molar-refractivity contribution in [1.82, 2.24) is 9.88 Å². The molecule has 1 saturated heterocycles. The standard InChI is InChI=1S/C17H17ClF3N3O/c1-10(25)24-6-2-3-12(9-24)22-15-8-16(17(19,20)21)23-14-5-4-11(18)7-13(14)15/h4-5,7-8,12H,2-3,6,9H2,1H3,(H,22,23)/t12-/m1/s1. The molecular formula is C17H17ClF3N3O. The number of carbonyl (C=O) groups excluding carboxylic acids is 1. The molecular weight excluding hydrogens is 355 g/mol. The molecule has 134 valence electrons. The van der Waals surface area contributed by atoms with Gasteiger partial charge in [0.15, 0.2) is 0 Å². The van der Waals surface area contributed by atoms with Gasteiger partial charge in [0, 0.05) is 42.2 Å². The zero-order valence-corrected chi connectivity index (χ0v) is 14.3. The lowest BCUT2D eigenvalue weighted by Gasteiger charge is -2.33. The molecule has 3 rings (SSSR count). The molecule has 8 heteroatoms. The van der Waals surface area contributed by atoms with E-state index < -0.39 is 11.9 Å². The Balaban J connectivity index is 1.98. The van der Waals surface area contributed by atoms with Crippen molar-refractivity contribution in [2.24, 2.45) is 0 Å². The summed E-state index contributed by atoms with van der Waals surface area (Å²) < 4.78 is 39.5. The van der Waals surface area contributed by atoms with Gasteiger partial charge in [-0.3, -0.25) is 4.79 Å². The normalized spacial score (nSPS) is 18.4. The number of carbonyl (C=O) groups is 1. The van der Waals surface area contributed by atoms with Crippen LogP contribution in [0.4, 0.5) is 18.9 Å². The lowest BCUT2D eigenvalue weighted by atomic mass is 10.0. The van der Waals surface area contributed by atoms with Gasteiger partial charge in [-0.25, -0.2) is 4.98 Å². The van der Waals surface area contributed by atoms with Gasteiger partial charge in [0.1, 0.15) is 5.69 Å². The molecule has 0 bridgehead atoms. The summed E-state index contributed by atoms with van der Waals surface area (Å²) in [7, 11) is 0. The highest BCUT2D eigenvalue weighted by atomic mass is 35.5. The highest BCUT2D eigenvalue weighted by Crippen LogP contribution is 2.34. The Labute approximate surface area is 148 Å². The maximum absolute atomic E-state index is 13.2. The number of hydrogen-bond acceptors (Lipinski definition) is 3. The minimum atomic E-state index is -4.54. The predicted octanol–water partition coefficient (Wildman–Crippen LogP) is 4.33. The molecule has 1 atom stereocenters. The van der Waals surface area contributed by atoms with E-state index in [0.717, 1.165) is 18.9 Å². The Hall–Kier alpha value is -2.02. The molecule has 1 fully saturated rings. The first-order valence-electron chi connectivity index (χ1n) is 7.93. The van der Waals surface area contributed by atoms with E-state index in [1.165, 1.54) is 19.1 Å². The number of hydrogen-bond donors (Lipinski definition) is 1. The molecule has 2 aromatic rings. The van der Waals surface area contributed by atoms with Gasteiger partial charge in [0.05, 0.1) is 5.52 Å². The Kier molecular flexibility index (Phi) is 4.77. The Morgan fingerprint density at radius 3 is 2.80 bits per heavy atom. The summed E-state index contributed by atoms with van der Waals surface area (Å²) in [5, 5.41) is 4.11. The maximum atomic E-state index is 13.2. The minimum Gasteiger partial charge on any atom is -0.380 e. The summed E-state index contributed by atoms with van der Waals surface area (Å²) in [4.78, 5) is 17.0. The van der Waals surface area contributed by atoms with Crippen molar-refractivity contribution in [1.29, 1.82) is 0 Å². The van der Waals surface area contributed by atoms with Gasteiger partial charge in [-0.05, 0) is 37.1 Å². The third kappa shape index (κ3) is 3.98. The second-order valence-electron chi connectivity index (χ2n) is 6.16. The first-order valence-corrected chi connectivity index (χ1v) is 8.31. The van der Waals surface area contributed by atoms with Crippen LogP contribution in [0.3, 0.4) is 0 Å². The SMILES string of the molecule is CC(=O)N1CCC[C@@H](Nc2cc(C(F)(F)F)nc3ccc(Cl)cc23)C1. The van der Waals surface area contributed by atoms with E-state index in [9.17, 15) is 18.0 Å². The van der Waals surface area contributed by atoms with Gasteiger partial charge >= 0.3 is 6.18 Å². The molecule has 1 aromatic carbocycles. The van der Waals surface area contributed by atoms with Gasteiger partial charge < -0.3 is 10.2 Å². The lowest BCUT2D eigenvalue weighted by molar-refractivity contribution is -0.140. The van der Waals surface area contributed by atoms with E-state index in [-0.39, 0.29) is 17.5 Å². The lowest BCUT2D eigenvalue weighted by Crippen LogP contribution is -2.44. The van der Waals surface area contributed by atoms with Crippen LogP contribution in [0, 0.1) is 0 Å². The first kappa shape index (κ1) is 17.8. The third-order valence-electron chi connectivity index (χ3n) is 4.29. The quantitative estimate of drug-likeness (QED) is 0.854. The minimum absolute atomic E-state index is 0.0369. The Bertz CT molecular complexity index is 810. The molecule has 1 aliphatic rings. The highest BCUT2D eigenvalue weighted by molar-refractivity contribution is 6.31. The van der Waals surface area contributed by atoms with Crippen LogP contribution in [0.2, 0.25) is 5.02 Å². The van der Waals surface area contributed by atoms with Crippen LogP contribution in [-0.4, -0.2) is 34.9 Å². The Morgan fingerprint density at radius 2 is 2.12 bits per heavy atom. The molecule has 0 radical (unpaired) electrons. The number of piperidine rings is 1. The summed E-state index contributed by atoms with van der Waals surface area (Å²) >= 11 is 6.00. The van der Waals surface area contributed by atoms with Crippen LogP contribution in [0.15, 0.2) is 24.3 Å². The molecule has 1 aromatic heterocycles. The number of pyridine rings is 1. The van der Waals surface area contributed by atoms with E-state index in [1.807, 2.05) is 0 Å². The van der Waals surface area contributed by atoms with E-state index in [2.05, 4.69) is 10.3 Å². The monoisotopic (exact) mass is 371 g/mol. The van der Waals surface area contributed by atoms with Gasteiger partial charge in [0.2, 0.25) is 5.91 Å². The average molecular weight is 372 g/mol. The molecule has 0 saturated carbocycles. The Morgan fingerprint density at radius 1 is 1.36 bits per heavy atom. The maximum Gasteiger partial charge on any atom is 0.433 e. The number of amides is 1. The van der Waals surface area contributed by atoms with Gasteiger partial charge in [-0.1, -0.05) is 11.6 Å². The van der Waals surface area contributed by atoms with Gasteiger partial charge in [-0.2, -0.15) is 13.2 Å². The van der Waals surface area contributed by atoms with E-state index in [1.54, 1.807) is 11.0 Å². The number of benzene rings is 1. The van der Waals surface area contributed by atoms with Crippen LogP contribution < -0.4 is 5.32 Å². The fourth-order valence-electron chi connectivity index (χ4n) is 3.06. The summed E-state index contributed by atoms with van der Waals surface area (Å²) in [6.07, 6.45) is -2.97. The number of alkyl halides is 3. The molecule has 1 aliphatic heterocycles. The van der Waals surface area contributed by atoms with E-state index >= 15 is 0 Å². The fourth-order valence-corrected chi connectivity index (χ4v) is 3.24. The average Bonchev–Trinajstić information content (AvgIpc) is 2.54. The van der Waals surface area contributed by atoms with Crippen molar-refractivity contribution in [3.63, 3.8) is 0 Å². The number of nitrogens with one attached hydrogen (secondary N) is 1. The van der Waals surface area contributed by atoms with E-state index in [0.29, 0.717) is 29.2 Å². The van der Waals surface area contributed by atoms with Crippen molar-refractivity contribution >= 4 is 34.1 Å². The number of nitrogens with zero attached hydrogens (tertiary/aromatic N) is 2. The van der Waals surface area contributed by atoms with Crippen molar-refractivity contribution in [3.8, 4) is 0 Å². The second kappa shape index (κ2) is 6.71. The third-order valence-corrected chi connectivity index (χ3v) is 4.52. The van der Waals surface area contributed by atoms with Crippen LogP contribution in [0.5, 0.6) is 0 Å². The molecule has 1 N–H and O–H groups in total. The zero-order valence-electron chi connectivity index (χ0n) is 13.5. The van der Waals surface area contributed by atoms with Crippen molar-refractivity contribution < 1.29 is 18.0 Å². The summed E-state index contributed by atoms with van der Waals surface area (Å²) in [5.41, 5.74) is -0.403. The molecule has 0 spiro atoms. The number of fused-ring (bicyclic) bond motifs is 1. The zero-order chi connectivity index (χ0) is 18.2. The highest BCUT2D eigenvalue weighted by Gasteiger charge is 2.34. The fraction of sp³-hybridized carbons (Fsp3) is 0.412. The van der Waals surface area contributed by atoms with Gasteiger partial charge in [0.25, 0.3) is 0 Å². The first-order chi connectivity index (χ1) is 11.7. The van der Waals surface area contributed by atoms with Crippen LogP contribution in [0.1, 0.15) is 25.5 Å². The number of anilines is 1. The smallest absolute Gasteiger partial charge is 0.380 e. The molecule has 25 heavy (non-hydrogen) atoms. The van der Waals surface area contributed by atoms with Crippen molar-refractivity contribution in [3.05, 3.63) is 35.0 Å². The van der Waals surface area contributed by atoms with Crippen molar-refractivity contribution in [2.45, 2.75) is 32.0 Å². The molecule has 1 amide bonds. The number of rotatable bonds is 2. The number of likely N-dealkylation sites (tertiary alicyclic amines) is 1. The second-order valence-corrected chi connectivity index (χ2v) is 6.60. The molecule has 2 heterocycles. The molecule has 0 aliphatic carbocycles. The largest absolute Gasteiger partial charge is 0.433 e. The van der Waals surface area contributed by atoms with Crippen LogP contribution >= 0.6 is 11.6 Å². The van der Waals surface area contributed by atoms with Crippen LogP contribution in [-0.2, 0) is 11.0 Å². The van der Waals surface area contributed by atoms with Crippen molar-refractivity contribution in [2.75, 3.05) is 18.4 Å². The topological polar surface area (TPSA) is 45.2 Å². The van der Waals surface area contributed by atoms with Gasteiger partial charge in [-0.15, -0.1) is 0 Å². The van der Waals surface area contributed by atoms with E-state index in [4.69, 9.17) is 11.6 Å². The summed E-state index contributed by atoms with van der Waals surface area (Å²) in [6.45, 7) is 2.62. The molecule has 0 unspecified atom stereocenters. The molecule has 4 nitrogen and oxygen atoms in total. The van der Waals surface area contributed by atoms with Crippen LogP contribution in [0.25, 0.3) is 10.9 Å². The predicted molar refractivity (Wildman–Crippen MR) is 90.7 cm³/mol.